The molecule has 1 heterocycles. The highest BCUT2D eigenvalue weighted by atomic mass is 35.5. The molecule has 17 heavy (non-hydrogen) atoms. The molecular formula is C10H20ClNO5. The van der Waals surface area contributed by atoms with Crippen molar-refractivity contribution in [3.63, 3.8) is 0 Å². The van der Waals surface area contributed by atoms with Crippen molar-refractivity contribution >= 4 is 11.6 Å². The Morgan fingerprint density at radius 3 is 2.35 bits per heavy atom. The molecule has 4 N–H and O–H groups in total. The smallest absolute Gasteiger partial charge is 0.183 e. The van der Waals surface area contributed by atoms with Gasteiger partial charge in [-0.05, 0) is 6.54 Å². The number of ether oxygens (including phenoxy) is 1. The van der Waals surface area contributed by atoms with Gasteiger partial charge in [-0.1, -0.05) is 6.92 Å². The minimum Gasteiger partial charge on any atom is -0.394 e. The Bertz CT molecular complexity index is 231. The van der Waals surface area contributed by atoms with E-state index in [1.165, 1.54) is 0 Å². The Hall–Kier alpha value is 0.0500. The third-order valence-corrected chi connectivity index (χ3v) is 3.24. The van der Waals surface area contributed by atoms with Gasteiger partial charge in [0.2, 0.25) is 0 Å². The van der Waals surface area contributed by atoms with Gasteiger partial charge in [0.15, 0.2) is 6.29 Å². The Morgan fingerprint density at radius 1 is 1.24 bits per heavy atom. The van der Waals surface area contributed by atoms with Crippen molar-refractivity contribution in [1.29, 1.82) is 0 Å². The van der Waals surface area contributed by atoms with E-state index in [-0.39, 0.29) is 0 Å². The molecule has 7 heteroatoms. The summed E-state index contributed by atoms with van der Waals surface area (Å²) in [7, 11) is 0. The number of hydrogen-bond donors (Lipinski definition) is 4. The van der Waals surface area contributed by atoms with Crippen LogP contribution in [-0.4, -0.2) is 81.5 Å². The highest BCUT2D eigenvalue weighted by Crippen LogP contribution is 2.24. The Balaban J connectivity index is 2.83. The van der Waals surface area contributed by atoms with Crippen molar-refractivity contribution in [1.82, 2.24) is 4.90 Å². The zero-order valence-corrected chi connectivity index (χ0v) is 10.5. The summed E-state index contributed by atoms with van der Waals surface area (Å²) in [5.41, 5.74) is 0. The standard InChI is InChI=1S/C10H20ClNO5/c1-2-12(4-3-11)7-8(14)6(5-13)17-10(16)9(7)15/h6-10,13-16H,2-5H2,1H3. The summed E-state index contributed by atoms with van der Waals surface area (Å²) in [6.07, 6.45) is -4.61. The molecule has 0 aliphatic carbocycles. The molecule has 0 radical (unpaired) electrons. The molecule has 102 valence electrons. The van der Waals surface area contributed by atoms with Crippen molar-refractivity contribution < 1.29 is 25.2 Å². The van der Waals surface area contributed by atoms with Gasteiger partial charge in [-0.25, -0.2) is 0 Å². The Morgan fingerprint density at radius 2 is 1.88 bits per heavy atom. The molecule has 0 amide bonds. The number of nitrogens with zero attached hydrogens (tertiary/aromatic N) is 1. The topological polar surface area (TPSA) is 93.4 Å². The van der Waals surface area contributed by atoms with E-state index in [4.69, 9.17) is 21.4 Å². The molecule has 1 fully saturated rings. The Kier molecular flexibility index (Phi) is 6.08. The van der Waals surface area contributed by atoms with Gasteiger partial charge in [0.25, 0.3) is 0 Å². The number of alkyl halides is 1. The second kappa shape index (κ2) is 6.84. The fourth-order valence-electron chi connectivity index (χ4n) is 2.14. The second-order valence-electron chi connectivity index (χ2n) is 4.04. The third kappa shape index (κ3) is 3.29. The minimum atomic E-state index is -1.41. The number of aliphatic hydroxyl groups is 4. The summed E-state index contributed by atoms with van der Waals surface area (Å²) in [5, 5.41) is 38.4. The van der Waals surface area contributed by atoms with Gasteiger partial charge in [-0.3, -0.25) is 4.90 Å². The van der Waals surface area contributed by atoms with Gasteiger partial charge >= 0.3 is 0 Å². The van der Waals surface area contributed by atoms with Crippen LogP contribution in [0.2, 0.25) is 0 Å². The molecule has 0 aromatic rings. The number of likely N-dealkylation sites (N-methyl/N-ethyl adjacent to an activating group) is 1. The van der Waals surface area contributed by atoms with Crippen LogP contribution in [0.3, 0.4) is 0 Å². The lowest BCUT2D eigenvalue weighted by atomic mass is 9.94. The van der Waals surface area contributed by atoms with Gasteiger partial charge in [0.1, 0.15) is 18.3 Å². The van der Waals surface area contributed by atoms with E-state index in [1.807, 2.05) is 6.92 Å². The Labute approximate surface area is 105 Å². The first-order chi connectivity index (χ1) is 8.06. The van der Waals surface area contributed by atoms with E-state index < -0.39 is 37.3 Å². The minimum absolute atomic E-state index is 0.352. The monoisotopic (exact) mass is 269 g/mol. The van der Waals surface area contributed by atoms with Gasteiger partial charge in [0, 0.05) is 12.4 Å². The molecule has 0 aromatic carbocycles. The predicted octanol–water partition coefficient (Wildman–Crippen LogP) is -1.65. The van der Waals surface area contributed by atoms with Crippen molar-refractivity contribution in [2.24, 2.45) is 0 Å². The maximum atomic E-state index is 10.0. The molecule has 0 saturated carbocycles. The van der Waals surface area contributed by atoms with Gasteiger partial charge < -0.3 is 25.2 Å². The van der Waals surface area contributed by atoms with Crippen LogP contribution in [0.25, 0.3) is 0 Å². The van der Waals surface area contributed by atoms with Crippen LogP contribution in [0.15, 0.2) is 0 Å². The molecule has 0 bridgehead atoms. The molecule has 0 spiro atoms. The summed E-state index contributed by atoms with van der Waals surface area (Å²) in [5.74, 6) is 0.352. The lowest BCUT2D eigenvalue weighted by Crippen LogP contribution is -2.64. The summed E-state index contributed by atoms with van der Waals surface area (Å²) < 4.78 is 4.91. The van der Waals surface area contributed by atoms with Crippen LogP contribution in [0, 0.1) is 0 Å². The van der Waals surface area contributed by atoms with E-state index in [1.54, 1.807) is 4.90 Å². The molecule has 5 atom stereocenters. The molecule has 1 aliphatic rings. The zero-order chi connectivity index (χ0) is 13.0. The summed E-state index contributed by atoms with van der Waals surface area (Å²) in [4.78, 5) is 1.76. The number of rotatable bonds is 5. The van der Waals surface area contributed by atoms with E-state index in [0.717, 1.165) is 0 Å². The normalized spacial score (nSPS) is 38.6. The van der Waals surface area contributed by atoms with Crippen molar-refractivity contribution in [3.05, 3.63) is 0 Å². The quantitative estimate of drug-likeness (QED) is 0.447. The summed E-state index contributed by atoms with van der Waals surface area (Å²) in [6.45, 7) is 2.49. The molecule has 1 rings (SSSR count). The number of aliphatic hydroxyl groups excluding tert-OH is 4. The predicted molar refractivity (Wildman–Crippen MR) is 61.7 cm³/mol. The van der Waals surface area contributed by atoms with Gasteiger partial charge in [-0.15, -0.1) is 11.6 Å². The SMILES string of the molecule is CCN(CCCl)C1C(O)C(O)OC(CO)C1O. The first-order valence-corrected chi connectivity index (χ1v) is 6.20. The average molecular weight is 270 g/mol. The fourth-order valence-corrected chi connectivity index (χ4v) is 2.36. The summed E-state index contributed by atoms with van der Waals surface area (Å²) >= 11 is 5.65. The van der Waals surface area contributed by atoms with E-state index in [0.29, 0.717) is 19.0 Å². The van der Waals surface area contributed by atoms with E-state index >= 15 is 0 Å². The third-order valence-electron chi connectivity index (χ3n) is 3.07. The highest BCUT2D eigenvalue weighted by Gasteiger charge is 2.45. The van der Waals surface area contributed by atoms with Crippen molar-refractivity contribution in [2.45, 2.75) is 37.6 Å². The maximum absolute atomic E-state index is 10.0. The molecule has 1 aliphatic heterocycles. The molecule has 0 aromatic heterocycles. The van der Waals surface area contributed by atoms with Crippen LogP contribution in [0.4, 0.5) is 0 Å². The van der Waals surface area contributed by atoms with Crippen LogP contribution < -0.4 is 0 Å². The van der Waals surface area contributed by atoms with Gasteiger partial charge in [-0.2, -0.15) is 0 Å². The van der Waals surface area contributed by atoms with Crippen molar-refractivity contribution in [3.8, 4) is 0 Å². The van der Waals surface area contributed by atoms with Crippen molar-refractivity contribution in [2.75, 3.05) is 25.6 Å². The lowest BCUT2D eigenvalue weighted by Gasteiger charge is -2.45. The van der Waals surface area contributed by atoms with E-state index in [2.05, 4.69) is 0 Å². The van der Waals surface area contributed by atoms with Crippen LogP contribution in [-0.2, 0) is 4.74 Å². The second-order valence-corrected chi connectivity index (χ2v) is 4.41. The number of hydrogen-bond acceptors (Lipinski definition) is 6. The highest BCUT2D eigenvalue weighted by molar-refractivity contribution is 6.18. The van der Waals surface area contributed by atoms with Gasteiger partial charge in [0.05, 0.1) is 12.6 Å². The largest absolute Gasteiger partial charge is 0.394 e. The zero-order valence-electron chi connectivity index (χ0n) is 9.74. The average Bonchev–Trinajstić information content (AvgIpc) is 2.32. The fraction of sp³-hybridized carbons (Fsp3) is 1.00. The molecule has 6 nitrogen and oxygen atoms in total. The number of halogens is 1. The molecule has 1 saturated heterocycles. The van der Waals surface area contributed by atoms with E-state index in [9.17, 15) is 15.3 Å². The summed E-state index contributed by atoms with van der Waals surface area (Å²) in [6, 6.07) is -0.695. The van der Waals surface area contributed by atoms with Crippen LogP contribution in [0.5, 0.6) is 0 Å². The molecular weight excluding hydrogens is 250 g/mol. The maximum Gasteiger partial charge on any atom is 0.183 e. The molecule has 5 unspecified atom stereocenters. The van der Waals surface area contributed by atoms with Crippen LogP contribution in [0.1, 0.15) is 6.92 Å². The first kappa shape index (κ1) is 15.1. The first-order valence-electron chi connectivity index (χ1n) is 5.67. The van der Waals surface area contributed by atoms with Crippen LogP contribution >= 0.6 is 11.6 Å². The lowest BCUT2D eigenvalue weighted by molar-refractivity contribution is -0.275.